The molecule has 1 aromatic heterocycles. The van der Waals surface area contributed by atoms with Gasteiger partial charge in [-0.15, -0.1) is 0 Å². The van der Waals surface area contributed by atoms with E-state index < -0.39 is 10.0 Å². The lowest BCUT2D eigenvalue weighted by Gasteiger charge is -2.25. The van der Waals surface area contributed by atoms with E-state index in [-0.39, 0.29) is 10.8 Å². The molecule has 8 heteroatoms. The number of sulfonamides is 1. The lowest BCUT2D eigenvalue weighted by Crippen LogP contribution is -2.35. The van der Waals surface area contributed by atoms with E-state index >= 15 is 0 Å². The van der Waals surface area contributed by atoms with Gasteiger partial charge in [0.15, 0.2) is 0 Å². The van der Waals surface area contributed by atoms with Gasteiger partial charge in [-0.3, -0.25) is 4.79 Å². The molecule has 0 aliphatic carbocycles. The number of piperidine rings is 1. The predicted octanol–water partition coefficient (Wildman–Crippen LogP) is 2.57. The highest BCUT2D eigenvalue weighted by Crippen LogP contribution is 2.21. The van der Waals surface area contributed by atoms with Crippen molar-refractivity contribution in [2.24, 2.45) is 0 Å². The summed E-state index contributed by atoms with van der Waals surface area (Å²) in [6, 6.07) is 9.64. The van der Waals surface area contributed by atoms with Gasteiger partial charge in [0, 0.05) is 32.7 Å². The van der Waals surface area contributed by atoms with E-state index in [0.29, 0.717) is 24.3 Å². The molecule has 0 radical (unpaired) electrons. The van der Waals surface area contributed by atoms with Gasteiger partial charge in [0.1, 0.15) is 5.82 Å². The van der Waals surface area contributed by atoms with E-state index in [9.17, 15) is 13.2 Å². The Balaban J connectivity index is 1.70. The lowest BCUT2D eigenvalue weighted by molar-refractivity contribution is 0.102. The smallest absolute Gasteiger partial charge is 0.255 e. The van der Waals surface area contributed by atoms with Crippen molar-refractivity contribution in [1.82, 2.24) is 9.29 Å². The summed E-state index contributed by atoms with van der Waals surface area (Å²) in [6.07, 6.45) is 4.43. The third-order valence-corrected chi connectivity index (χ3v) is 6.45. The Morgan fingerprint density at radius 2 is 1.70 bits per heavy atom. The number of benzene rings is 1. The fraction of sp³-hybridized carbons (Fsp3) is 0.368. The number of hydrogen-bond acceptors (Lipinski definition) is 5. The van der Waals surface area contributed by atoms with Crippen LogP contribution in [0.5, 0.6) is 0 Å². The van der Waals surface area contributed by atoms with E-state index in [4.69, 9.17) is 0 Å². The fourth-order valence-corrected chi connectivity index (χ4v) is 4.48. The topological polar surface area (TPSA) is 82.6 Å². The van der Waals surface area contributed by atoms with Gasteiger partial charge in [-0.2, -0.15) is 4.31 Å². The van der Waals surface area contributed by atoms with E-state index in [1.807, 2.05) is 25.1 Å². The first kappa shape index (κ1) is 19.3. The minimum atomic E-state index is -3.49. The number of hydrogen-bond donors (Lipinski definition) is 1. The van der Waals surface area contributed by atoms with Crippen LogP contribution in [0.4, 0.5) is 11.5 Å². The molecule has 1 N–H and O–H groups in total. The first-order chi connectivity index (χ1) is 12.9. The zero-order valence-corrected chi connectivity index (χ0v) is 16.4. The van der Waals surface area contributed by atoms with Crippen molar-refractivity contribution >= 4 is 27.4 Å². The molecule has 1 saturated heterocycles. The monoisotopic (exact) mass is 388 g/mol. The number of nitrogens with zero attached hydrogens (tertiary/aromatic N) is 3. The third kappa shape index (κ3) is 4.45. The molecule has 2 heterocycles. The molecule has 0 spiro atoms. The molecule has 3 rings (SSSR count). The van der Waals surface area contributed by atoms with Crippen molar-refractivity contribution in [3.63, 3.8) is 0 Å². The van der Waals surface area contributed by atoms with Crippen LogP contribution in [0.15, 0.2) is 47.5 Å². The van der Waals surface area contributed by atoms with Gasteiger partial charge in [0.25, 0.3) is 5.91 Å². The van der Waals surface area contributed by atoms with Crippen molar-refractivity contribution in [3.8, 4) is 0 Å². The molecule has 1 amide bonds. The van der Waals surface area contributed by atoms with Crippen LogP contribution in [0.25, 0.3) is 0 Å². The van der Waals surface area contributed by atoms with E-state index in [1.54, 1.807) is 12.3 Å². The zero-order valence-electron chi connectivity index (χ0n) is 15.6. The zero-order chi connectivity index (χ0) is 19.4. The van der Waals surface area contributed by atoms with E-state index in [0.717, 1.165) is 25.1 Å². The van der Waals surface area contributed by atoms with Gasteiger partial charge in [0.05, 0.1) is 16.8 Å². The van der Waals surface area contributed by atoms with Crippen LogP contribution < -0.4 is 10.2 Å². The minimum Gasteiger partial charge on any atom is -0.363 e. The SMILES string of the molecule is CN(C)c1ccc(NC(=O)c2ccc(S(=O)(=O)N3CCCCC3)cc2)cn1. The maximum Gasteiger partial charge on any atom is 0.255 e. The molecular formula is C19H24N4O3S. The molecule has 144 valence electrons. The molecule has 7 nitrogen and oxygen atoms in total. The summed E-state index contributed by atoms with van der Waals surface area (Å²) in [5, 5.41) is 2.77. The van der Waals surface area contributed by atoms with Gasteiger partial charge in [-0.25, -0.2) is 13.4 Å². The highest BCUT2D eigenvalue weighted by atomic mass is 32.2. The summed E-state index contributed by atoms with van der Waals surface area (Å²) in [4.78, 5) is 18.7. The lowest BCUT2D eigenvalue weighted by atomic mass is 10.2. The van der Waals surface area contributed by atoms with E-state index in [2.05, 4.69) is 10.3 Å². The summed E-state index contributed by atoms with van der Waals surface area (Å²) in [5.41, 5.74) is 0.972. The summed E-state index contributed by atoms with van der Waals surface area (Å²) in [5.74, 6) is 0.483. The molecular weight excluding hydrogens is 364 g/mol. The van der Waals surface area contributed by atoms with Crippen molar-refractivity contribution in [1.29, 1.82) is 0 Å². The van der Waals surface area contributed by atoms with Crippen molar-refractivity contribution in [3.05, 3.63) is 48.2 Å². The summed E-state index contributed by atoms with van der Waals surface area (Å²) >= 11 is 0. The second kappa shape index (κ2) is 8.06. The van der Waals surface area contributed by atoms with Gasteiger partial charge in [-0.1, -0.05) is 6.42 Å². The Labute approximate surface area is 160 Å². The second-order valence-corrected chi connectivity index (χ2v) is 8.68. The van der Waals surface area contributed by atoms with Crippen LogP contribution in [-0.4, -0.2) is 50.8 Å². The van der Waals surface area contributed by atoms with Crippen LogP contribution in [0.3, 0.4) is 0 Å². The second-order valence-electron chi connectivity index (χ2n) is 6.74. The normalized spacial score (nSPS) is 15.3. The Morgan fingerprint density at radius 1 is 1.04 bits per heavy atom. The van der Waals surface area contributed by atoms with Gasteiger partial charge >= 0.3 is 0 Å². The molecule has 1 aliphatic heterocycles. The molecule has 0 saturated carbocycles. The highest BCUT2D eigenvalue weighted by molar-refractivity contribution is 7.89. The standard InChI is InChI=1S/C19H24N4O3S/c1-22(2)18-11-8-16(14-20-18)21-19(24)15-6-9-17(10-7-15)27(25,26)23-12-4-3-5-13-23/h6-11,14H,3-5,12-13H2,1-2H3,(H,21,24). The number of rotatable bonds is 5. The maximum atomic E-state index is 12.7. The Kier molecular flexibility index (Phi) is 5.76. The van der Waals surface area contributed by atoms with Crippen LogP contribution >= 0.6 is 0 Å². The third-order valence-electron chi connectivity index (χ3n) is 4.53. The maximum absolute atomic E-state index is 12.7. The van der Waals surface area contributed by atoms with Crippen LogP contribution in [-0.2, 0) is 10.0 Å². The van der Waals surface area contributed by atoms with Gasteiger partial charge in [-0.05, 0) is 49.2 Å². The highest BCUT2D eigenvalue weighted by Gasteiger charge is 2.25. The van der Waals surface area contributed by atoms with Crippen molar-refractivity contribution < 1.29 is 13.2 Å². The molecule has 1 fully saturated rings. The quantitative estimate of drug-likeness (QED) is 0.851. The Morgan fingerprint density at radius 3 is 2.26 bits per heavy atom. The summed E-state index contributed by atoms with van der Waals surface area (Å²) in [6.45, 7) is 1.11. The predicted molar refractivity (Wildman–Crippen MR) is 106 cm³/mol. The number of nitrogens with one attached hydrogen (secondary N) is 1. The average Bonchev–Trinajstić information content (AvgIpc) is 2.69. The Hall–Kier alpha value is -2.45. The largest absolute Gasteiger partial charge is 0.363 e. The van der Waals surface area contributed by atoms with Crippen LogP contribution in [0.1, 0.15) is 29.6 Å². The minimum absolute atomic E-state index is 0.220. The van der Waals surface area contributed by atoms with Crippen LogP contribution in [0, 0.1) is 0 Å². The van der Waals surface area contributed by atoms with Crippen molar-refractivity contribution in [2.45, 2.75) is 24.2 Å². The molecule has 0 atom stereocenters. The molecule has 2 aromatic rings. The number of carbonyl (C=O) groups excluding carboxylic acids is 1. The number of carbonyl (C=O) groups is 1. The number of aromatic nitrogens is 1. The molecule has 27 heavy (non-hydrogen) atoms. The number of anilines is 2. The van der Waals surface area contributed by atoms with Crippen LogP contribution in [0.2, 0.25) is 0 Å². The number of amides is 1. The fourth-order valence-electron chi connectivity index (χ4n) is 2.96. The van der Waals surface area contributed by atoms with Gasteiger partial charge in [0.2, 0.25) is 10.0 Å². The first-order valence-electron chi connectivity index (χ1n) is 8.93. The van der Waals surface area contributed by atoms with E-state index in [1.165, 1.54) is 28.6 Å². The molecule has 0 unspecified atom stereocenters. The average molecular weight is 388 g/mol. The molecule has 1 aromatic carbocycles. The first-order valence-corrected chi connectivity index (χ1v) is 10.4. The molecule has 1 aliphatic rings. The Bertz CT molecular complexity index is 888. The molecule has 0 bridgehead atoms. The summed E-state index contributed by atoms with van der Waals surface area (Å²) in [7, 11) is 0.289. The number of pyridine rings is 1. The summed E-state index contributed by atoms with van der Waals surface area (Å²) < 4.78 is 26.8. The van der Waals surface area contributed by atoms with Gasteiger partial charge < -0.3 is 10.2 Å². The van der Waals surface area contributed by atoms with Crippen molar-refractivity contribution in [2.75, 3.05) is 37.4 Å².